The lowest BCUT2D eigenvalue weighted by Crippen LogP contribution is -2.43. The van der Waals surface area contributed by atoms with Gasteiger partial charge in [0, 0.05) is 36.9 Å². The quantitative estimate of drug-likeness (QED) is 0.171. The molecule has 0 spiro atoms. The number of fused-ring (bicyclic) bond motifs is 6. The van der Waals surface area contributed by atoms with Crippen LogP contribution in [0.25, 0.3) is 33.4 Å². The Balaban J connectivity index is 1.79. The number of unbranched alkanes of at least 4 members (excludes halogenated alkanes) is 2. The molecule has 0 radical (unpaired) electrons. The fourth-order valence-electron chi connectivity index (χ4n) is 7.28. The van der Waals surface area contributed by atoms with Gasteiger partial charge < -0.3 is 0 Å². The minimum absolute atomic E-state index is 0.624. The van der Waals surface area contributed by atoms with Crippen LogP contribution in [-0.2, 0) is 12.8 Å². The molecule has 0 bridgehead atoms. The maximum Gasteiger partial charge on any atom is 0.146 e. The van der Waals surface area contributed by atoms with E-state index in [1.54, 1.807) is 0 Å². The van der Waals surface area contributed by atoms with Crippen molar-refractivity contribution in [2.45, 2.75) is 117 Å². The normalized spacial score (nSPS) is 13.3. The molecule has 2 aromatic heterocycles. The Labute approximate surface area is 258 Å². The Morgan fingerprint density at radius 1 is 0.634 bits per heavy atom. The summed E-state index contributed by atoms with van der Waals surface area (Å²) in [5, 5.41) is 2.66. The van der Waals surface area contributed by atoms with E-state index in [2.05, 4.69) is 103 Å². The van der Waals surface area contributed by atoms with Crippen LogP contribution in [0, 0.1) is 23.3 Å². The number of hydrogen-bond donors (Lipinski definition) is 0. The Morgan fingerprint density at radius 2 is 1.07 bits per heavy atom. The minimum Gasteiger partial charge on any atom is -0.139 e. The standard InChI is InChI=1S/C38H46S2Si/c1-10-13-16-27-20-35-33-23-32-30(18-19-41(24(4)5,25(6)7)26(8)9)38-36(21-28(40-38)17-14-11-2)34(32)22-31(33)29(15-12-3)37(35)39-27/h20-26H,10-11,13-14,16-17H2,1-9H3. The van der Waals surface area contributed by atoms with Crippen molar-refractivity contribution in [2.75, 3.05) is 0 Å². The Bertz CT molecular complexity index is 1690. The van der Waals surface area contributed by atoms with Crippen molar-refractivity contribution in [1.29, 1.82) is 0 Å². The smallest absolute Gasteiger partial charge is 0.139 e. The zero-order chi connectivity index (χ0) is 29.5. The molecule has 0 saturated heterocycles. The van der Waals surface area contributed by atoms with Gasteiger partial charge in [0.05, 0.1) is 15.3 Å². The first kappa shape index (κ1) is 30.2. The molecular weight excluding hydrogens is 549 g/mol. The summed E-state index contributed by atoms with van der Waals surface area (Å²) >= 11 is 3.95. The molecule has 1 aromatic carbocycles. The van der Waals surface area contributed by atoms with Crippen molar-refractivity contribution in [3.8, 4) is 45.6 Å². The number of hydrogen-bond acceptors (Lipinski definition) is 2. The summed E-state index contributed by atoms with van der Waals surface area (Å²) in [7, 11) is -1.86. The lowest BCUT2D eigenvalue weighted by Gasteiger charge is -2.38. The van der Waals surface area contributed by atoms with E-state index < -0.39 is 8.07 Å². The van der Waals surface area contributed by atoms with Crippen molar-refractivity contribution in [1.82, 2.24) is 0 Å². The third-order valence-corrected chi connectivity index (χ3v) is 18.1. The Hall–Kier alpha value is -2.30. The first-order valence-electron chi connectivity index (χ1n) is 15.8. The molecule has 5 rings (SSSR count). The van der Waals surface area contributed by atoms with Crippen molar-refractivity contribution < 1.29 is 0 Å². The molecule has 2 aliphatic rings. The van der Waals surface area contributed by atoms with Gasteiger partial charge in [-0.15, -0.1) is 34.1 Å². The van der Waals surface area contributed by atoms with E-state index in [0.717, 1.165) is 12.8 Å². The molecule has 2 aliphatic carbocycles. The highest BCUT2D eigenvalue weighted by Gasteiger charge is 2.42. The molecule has 41 heavy (non-hydrogen) atoms. The second-order valence-electron chi connectivity index (χ2n) is 12.8. The number of thiophene rings is 2. The molecule has 214 valence electrons. The average Bonchev–Trinajstić information content (AvgIpc) is 3.66. The third kappa shape index (κ3) is 5.14. The van der Waals surface area contributed by atoms with Gasteiger partial charge in [-0.25, -0.2) is 0 Å². The lowest BCUT2D eigenvalue weighted by molar-refractivity contribution is 0.804. The van der Waals surface area contributed by atoms with Crippen LogP contribution in [0.15, 0.2) is 24.3 Å². The molecule has 0 saturated carbocycles. The predicted octanol–water partition coefficient (Wildman–Crippen LogP) is 10.1. The molecule has 0 fully saturated rings. The van der Waals surface area contributed by atoms with Crippen LogP contribution in [0.4, 0.5) is 0 Å². The van der Waals surface area contributed by atoms with Gasteiger partial charge in [-0.3, -0.25) is 0 Å². The maximum atomic E-state index is 4.08. The second kappa shape index (κ2) is 12.1. The van der Waals surface area contributed by atoms with Gasteiger partial charge >= 0.3 is 0 Å². The first-order valence-corrected chi connectivity index (χ1v) is 19.7. The van der Waals surface area contributed by atoms with E-state index in [9.17, 15) is 0 Å². The Morgan fingerprint density at radius 3 is 1.46 bits per heavy atom. The molecule has 0 nitrogen and oxygen atoms in total. The zero-order valence-corrected chi connectivity index (χ0v) is 29.2. The fourth-order valence-corrected chi connectivity index (χ4v) is 14.9. The zero-order valence-electron chi connectivity index (χ0n) is 26.6. The van der Waals surface area contributed by atoms with Crippen LogP contribution in [0.5, 0.6) is 0 Å². The summed E-state index contributed by atoms with van der Waals surface area (Å²) in [6.45, 7) is 21.0. The summed E-state index contributed by atoms with van der Waals surface area (Å²) in [5.41, 5.74) is 14.0. The van der Waals surface area contributed by atoms with E-state index in [1.165, 1.54) is 89.0 Å². The van der Waals surface area contributed by atoms with Crippen molar-refractivity contribution in [3.63, 3.8) is 0 Å². The monoisotopic (exact) mass is 594 g/mol. The van der Waals surface area contributed by atoms with Gasteiger partial charge in [0.2, 0.25) is 0 Å². The van der Waals surface area contributed by atoms with Crippen LogP contribution in [0.2, 0.25) is 16.6 Å². The summed E-state index contributed by atoms with van der Waals surface area (Å²) in [5.74, 6) is 10.7. The molecule has 0 aliphatic heterocycles. The second-order valence-corrected chi connectivity index (χ2v) is 20.7. The topological polar surface area (TPSA) is 0 Å². The average molecular weight is 595 g/mol. The van der Waals surface area contributed by atoms with Crippen LogP contribution in [0.3, 0.4) is 0 Å². The first-order chi connectivity index (χ1) is 19.7. The molecule has 0 unspecified atom stereocenters. The van der Waals surface area contributed by atoms with E-state index in [0.29, 0.717) is 16.6 Å². The van der Waals surface area contributed by atoms with Gasteiger partial charge in [0.25, 0.3) is 0 Å². The molecule has 3 heteroatoms. The fraction of sp³-hybridized carbons (Fsp3) is 0.474. The van der Waals surface area contributed by atoms with E-state index in [-0.39, 0.29) is 0 Å². The largest absolute Gasteiger partial charge is 0.146 e. The summed E-state index contributed by atoms with van der Waals surface area (Å²) < 4.78 is 0. The highest BCUT2D eigenvalue weighted by Crippen LogP contribution is 2.44. The van der Waals surface area contributed by atoms with E-state index >= 15 is 0 Å². The van der Waals surface area contributed by atoms with Gasteiger partial charge in [-0.05, 0) is 84.6 Å². The summed E-state index contributed by atoms with van der Waals surface area (Å²) in [4.78, 5) is 5.76. The predicted molar refractivity (Wildman–Crippen MR) is 187 cm³/mol. The van der Waals surface area contributed by atoms with E-state index in [4.69, 9.17) is 0 Å². The molecule has 2 heterocycles. The molecular formula is C38H46S2Si. The highest BCUT2D eigenvalue weighted by atomic mass is 32.1. The van der Waals surface area contributed by atoms with Crippen LogP contribution in [0.1, 0.15) is 108 Å². The maximum absolute atomic E-state index is 4.08. The lowest BCUT2D eigenvalue weighted by atomic mass is 10.0. The van der Waals surface area contributed by atoms with E-state index in [1.807, 2.05) is 29.6 Å². The summed E-state index contributed by atoms with van der Waals surface area (Å²) in [6, 6.07) is 9.88. The molecule has 0 atom stereocenters. The molecule has 0 N–H and O–H groups in total. The summed E-state index contributed by atoms with van der Waals surface area (Å²) in [6.07, 6.45) is 7.26. The number of rotatable bonds is 9. The molecule has 3 aromatic rings. The van der Waals surface area contributed by atoms with Gasteiger partial charge in [-0.1, -0.05) is 80.1 Å². The SMILES string of the molecule is CC#CC1=c2cc3c(cc2-c2cc(CCCC)sc21)=C(C#C[Si](C(C)C)(C(C)C)C(C)C)c1sc(CCCC)cc1-3. The van der Waals surface area contributed by atoms with Gasteiger partial charge in [-0.2, -0.15) is 0 Å². The van der Waals surface area contributed by atoms with Gasteiger partial charge in [0.15, 0.2) is 0 Å². The third-order valence-electron chi connectivity index (χ3n) is 9.37. The van der Waals surface area contributed by atoms with Crippen LogP contribution in [-0.4, -0.2) is 8.07 Å². The van der Waals surface area contributed by atoms with Crippen LogP contribution >= 0.6 is 22.7 Å². The minimum atomic E-state index is -1.86. The highest BCUT2D eigenvalue weighted by molar-refractivity contribution is 7.14. The number of aryl methyl sites for hydroxylation is 2. The molecule has 0 amide bonds. The van der Waals surface area contributed by atoms with Gasteiger partial charge in [0.1, 0.15) is 8.07 Å². The van der Waals surface area contributed by atoms with Crippen LogP contribution < -0.4 is 10.4 Å². The van der Waals surface area contributed by atoms with Crippen molar-refractivity contribution in [3.05, 3.63) is 54.2 Å². The Kier molecular flexibility index (Phi) is 8.92. The number of benzene rings is 1. The van der Waals surface area contributed by atoms with Crippen molar-refractivity contribution in [2.24, 2.45) is 0 Å². The van der Waals surface area contributed by atoms with Crippen molar-refractivity contribution >= 4 is 41.9 Å².